The van der Waals surface area contributed by atoms with Crippen LogP contribution >= 0.6 is 11.6 Å². The van der Waals surface area contributed by atoms with Crippen LogP contribution in [0, 0.1) is 13.8 Å². The summed E-state index contributed by atoms with van der Waals surface area (Å²) in [5.41, 5.74) is 2.10. The van der Waals surface area contributed by atoms with Crippen LogP contribution in [0.2, 0.25) is 5.02 Å². The second-order valence-corrected chi connectivity index (χ2v) is 4.91. The molecule has 0 radical (unpaired) electrons. The maximum atomic E-state index is 6.11. The zero-order valence-electron chi connectivity index (χ0n) is 11.5. The van der Waals surface area contributed by atoms with Gasteiger partial charge in [-0.1, -0.05) is 11.6 Å². The van der Waals surface area contributed by atoms with E-state index < -0.39 is 0 Å². The Hall–Kier alpha value is -0.770. The third-order valence-electron chi connectivity index (χ3n) is 2.69. The molecule has 0 aromatic heterocycles. The largest absolute Gasteiger partial charge is 0.492 e. The lowest BCUT2D eigenvalue weighted by atomic mass is 10.1. The van der Waals surface area contributed by atoms with Gasteiger partial charge in [0.05, 0.1) is 6.61 Å². The fourth-order valence-corrected chi connectivity index (χ4v) is 1.88. The van der Waals surface area contributed by atoms with E-state index >= 15 is 0 Å². The molecule has 0 heterocycles. The molecule has 0 spiro atoms. The molecule has 1 unspecified atom stereocenters. The topological polar surface area (TPSA) is 30.5 Å². The molecule has 1 N–H and O–H groups in total. The Morgan fingerprint density at radius 1 is 1.28 bits per heavy atom. The molecule has 3 nitrogen and oxygen atoms in total. The predicted molar refractivity (Wildman–Crippen MR) is 75.8 cm³/mol. The Kier molecular flexibility index (Phi) is 6.47. The standard InChI is InChI=1S/C14H22ClNO2/c1-10-7-13(8-11(2)14(10)15)18-6-5-16-12(3)9-17-4/h7-8,12,16H,5-6,9H2,1-4H3. The van der Waals surface area contributed by atoms with E-state index in [1.54, 1.807) is 7.11 Å². The van der Waals surface area contributed by atoms with Crippen LogP contribution in [0.5, 0.6) is 5.75 Å². The smallest absolute Gasteiger partial charge is 0.119 e. The van der Waals surface area contributed by atoms with Crippen molar-refractivity contribution in [3.63, 3.8) is 0 Å². The number of methoxy groups -OCH3 is 1. The SMILES string of the molecule is COCC(C)NCCOc1cc(C)c(Cl)c(C)c1. The second kappa shape index (κ2) is 7.62. The normalized spacial score (nSPS) is 12.5. The summed E-state index contributed by atoms with van der Waals surface area (Å²) >= 11 is 6.11. The van der Waals surface area contributed by atoms with Crippen LogP contribution in [0.25, 0.3) is 0 Å². The molecule has 0 saturated heterocycles. The molecule has 1 atom stereocenters. The molecule has 0 fully saturated rings. The maximum absolute atomic E-state index is 6.11. The molecule has 0 saturated carbocycles. The monoisotopic (exact) mass is 271 g/mol. The van der Waals surface area contributed by atoms with Gasteiger partial charge in [-0.3, -0.25) is 0 Å². The summed E-state index contributed by atoms with van der Waals surface area (Å²) in [5, 5.41) is 4.13. The molecule has 102 valence electrons. The molecular weight excluding hydrogens is 250 g/mol. The first kappa shape index (κ1) is 15.3. The van der Waals surface area contributed by atoms with Crippen LogP contribution in [0.4, 0.5) is 0 Å². The van der Waals surface area contributed by atoms with Crippen molar-refractivity contribution in [1.82, 2.24) is 5.32 Å². The molecule has 4 heteroatoms. The summed E-state index contributed by atoms with van der Waals surface area (Å²) in [6.45, 7) is 8.20. The lowest BCUT2D eigenvalue weighted by molar-refractivity contribution is 0.169. The quantitative estimate of drug-likeness (QED) is 0.774. The highest BCUT2D eigenvalue weighted by molar-refractivity contribution is 6.32. The Labute approximate surface area is 114 Å². The van der Waals surface area contributed by atoms with Gasteiger partial charge in [-0.05, 0) is 44.0 Å². The maximum Gasteiger partial charge on any atom is 0.119 e. The van der Waals surface area contributed by atoms with Gasteiger partial charge >= 0.3 is 0 Å². The summed E-state index contributed by atoms with van der Waals surface area (Å²) in [7, 11) is 1.70. The number of hydrogen-bond donors (Lipinski definition) is 1. The molecule has 0 aliphatic rings. The highest BCUT2D eigenvalue weighted by Gasteiger charge is 2.04. The second-order valence-electron chi connectivity index (χ2n) is 4.53. The molecule has 1 rings (SSSR count). The predicted octanol–water partition coefficient (Wildman–Crippen LogP) is 2.96. The number of benzene rings is 1. The first-order chi connectivity index (χ1) is 8.54. The van der Waals surface area contributed by atoms with Gasteiger partial charge in [0.1, 0.15) is 12.4 Å². The minimum atomic E-state index is 0.340. The molecule has 0 bridgehead atoms. The van der Waals surface area contributed by atoms with Crippen molar-refractivity contribution < 1.29 is 9.47 Å². The van der Waals surface area contributed by atoms with Crippen molar-refractivity contribution in [2.24, 2.45) is 0 Å². The van der Waals surface area contributed by atoms with E-state index in [2.05, 4.69) is 12.2 Å². The number of rotatable bonds is 7. The summed E-state index contributed by atoms with van der Waals surface area (Å²) in [4.78, 5) is 0. The molecule has 0 amide bonds. The summed E-state index contributed by atoms with van der Waals surface area (Å²) < 4.78 is 10.7. The molecule has 0 aliphatic carbocycles. The van der Waals surface area contributed by atoms with Gasteiger partial charge in [-0.2, -0.15) is 0 Å². The summed E-state index contributed by atoms with van der Waals surface area (Å²) in [5.74, 6) is 0.871. The average Bonchev–Trinajstić information content (AvgIpc) is 2.32. The van der Waals surface area contributed by atoms with Crippen molar-refractivity contribution >= 4 is 11.6 Å². The molecule has 1 aromatic rings. The minimum Gasteiger partial charge on any atom is -0.492 e. The third kappa shape index (κ3) is 4.84. The van der Waals surface area contributed by atoms with Crippen molar-refractivity contribution in [2.45, 2.75) is 26.8 Å². The van der Waals surface area contributed by atoms with Gasteiger partial charge in [0.15, 0.2) is 0 Å². The van der Waals surface area contributed by atoms with Crippen LogP contribution in [0.15, 0.2) is 12.1 Å². The average molecular weight is 272 g/mol. The van der Waals surface area contributed by atoms with Crippen LogP contribution in [-0.4, -0.2) is 32.9 Å². The van der Waals surface area contributed by atoms with E-state index in [4.69, 9.17) is 21.1 Å². The first-order valence-electron chi connectivity index (χ1n) is 6.16. The Bertz CT molecular complexity index is 359. The van der Waals surface area contributed by atoms with E-state index in [1.807, 2.05) is 26.0 Å². The van der Waals surface area contributed by atoms with Gasteiger partial charge in [-0.25, -0.2) is 0 Å². The van der Waals surface area contributed by atoms with Gasteiger partial charge in [-0.15, -0.1) is 0 Å². The number of halogens is 1. The molecule has 0 aliphatic heterocycles. The van der Waals surface area contributed by atoms with Crippen molar-refractivity contribution in [3.8, 4) is 5.75 Å². The summed E-state index contributed by atoms with van der Waals surface area (Å²) in [6, 6.07) is 4.27. The first-order valence-corrected chi connectivity index (χ1v) is 6.54. The van der Waals surface area contributed by atoms with Crippen LogP contribution in [0.3, 0.4) is 0 Å². The lowest BCUT2D eigenvalue weighted by Crippen LogP contribution is -2.33. The van der Waals surface area contributed by atoms with E-state index in [9.17, 15) is 0 Å². The highest BCUT2D eigenvalue weighted by Crippen LogP contribution is 2.25. The molecule has 18 heavy (non-hydrogen) atoms. The van der Waals surface area contributed by atoms with Gasteiger partial charge in [0, 0.05) is 24.7 Å². The van der Waals surface area contributed by atoms with Gasteiger partial charge < -0.3 is 14.8 Å². The highest BCUT2D eigenvalue weighted by atomic mass is 35.5. The van der Waals surface area contributed by atoms with E-state index in [0.717, 1.165) is 28.4 Å². The minimum absolute atomic E-state index is 0.340. The fourth-order valence-electron chi connectivity index (χ4n) is 1.77. The van der Waals surface area contributed by atoms with E-state index in [-0.39, 0.29) is 0 Å². The van der Waals surface area contributed by atoms with Crippen molar-refractivity contribution in [2.75, 3.05) is 26.9 Å². The van der Waals surface area contributed by atoms with E-state index in [0.29, 0.717) is 19.3 Å². The zero-order chi connectivity index (χ0) is 13.5. The van der Waals surface area contributed by atoms with Crippen LogP contribution in [0.1, 0.15) is 18.1 Å². The van der Waals surface area contributed by atoms with E-state index in [1.165, 1.54) is 0 Å². The Morgan fingerprint density at radius 3 is 2.44 bits per heavy atom. The fraction of sp³-hybridized carbons (Fsp3) is 0.571. The number of ether oxygens (including phenoxy) is 2. The van der Waals surface area contributed by atoms with Gasteiger partial charge in [0.25, 0.3) is 0 Å². The third-order valence-corrected chi connectivity index (χ3v) is 3.29. The Morgan fingerprint density at radius 2 is 1.89 bits per heavy atom. The van der Waals surface area contributed by atoms with Crippen molar-refractivity contribution in [1.29, 1.82) is 0 Å². The molecular formula is C14H22ClNO2. The summed E-state index contributed by atoms with van der Waals surface area (Å²) in [6.07, 6.45) is 0. The van der Waals surface area contributed by atoms with Crippen LogP contribution in [-0.2, 0) is 4.74 Å². The lowest BCUT2D eigenvalue weighted by Gasteiger charge is -2.14. The Balaban J connectivity index is 2.36. The van der Waals surface area contributed by atoms with Crippen molar-refractivity contribution in [3.05, 3.63) is 28.3 Å². The molecule has 1 aromatic carbocycles. The number of aryl methyl sites for hydroxylation is 2. The van der Waals surface area contributed by atoms with Crippen LogP contribution < -0.4 is 10.1 Å². The van der Waals surface area contributed by atoms with Gasteiger partial charge in [0.2, 0.25) is 0 Å². The number of hydrogen-bond acceptors (Lipinski definition) is 3. The zero-order valence-corrected chi connectivity index (χ0v) is 12.3. The number of nitrogens with one attached hydrogen (secondary N) is 1.